The van der Waals surface area contributed by atoms with Gasteiger partial charge in [-0.15, -0.1) is 0 Å². The number of carbonyl (C=O) groups excluding carboxylic acids is 1. The Hall–Kier alpha value is -1.49. The molecule has 0 saturated carbocycles. The normalized spacial score (nSPS) is 10.7. The summed E-state index contributed by atoms with van der Waals surface area (Å²) < 4.78 is 26.0. The van der Waals surface area contributed by atoms with Crippen LogP contribution >= 0.6 is 0 Å². The van der Waals surface area contributed by atoms with Crippen molar-refractivity contribution in [2.45, 2.75) is 13.8 Å². The maximum absolute atomic E-state index is 13.3. The van der Waals surface area contributed by atoms with Gasteiger partial charge in [0.1, 0.15) is 11.6 Å². The van der Waals surface area contributed by atoms with E-state index in [9.17, 15) is 13.6 Å². The second-order valence-corrected chi connectivity index (χ2v) is 3.91. The summed E-state index contributed by atoms with van der Waals surface area (Å²) in [5, 5.41) is 2.62. The summed E-state index contributed by atoms with van der Waals surface area (Å²) in [4.78, 5) is 13.8. The molecule has 100 valence electrons. The Morgan fingerprint density at radius 3 is 2.50 bits per heavy atom. The number of amides is 1. The first kappa shape index (κ1) is 14.6. The number of carbonyl (C=O) groups is 1. The largest absolute Gasteiger partial charge is 0.351 e. The van der Waals surface area contributed by atoms with E-state index in [0.717, 1.165) is 25.2 Å². The molecule has 1 amide bonds. The van der Waals surface area contributed by atoms with Gasteiger partial charge in [-0.05, 0) is 25.2 Å². The number of likely N-dealkylation sites (N-methyl/N-ethyl adjacent to an activating group) is 1. The number of hydrogen-bond donors (Lipinski definition) is 1. The van der Waals surface area contributed by atoms with Gasteiger partial charge < -0.3 is 10.2 Å². The average molecular weight is 256 g/mol. The van der Waals surface area contributed by atoms with Crippen molar-refractivity contribution in [1.82, 2.24) is 10.2 Å². The van der Waals surface area contributed by atoms with Gasteiger partial charge >= 0.3 is 0 Å². The van der Waals surface area contributed by atoms with Crippen LogP contribution in [0.15, 0.2) is 18.2 Å². The molecule has 0 aliphatic carbocycles. The molecule has 0 radical (unpaired) electrons. The molecule has 18 heavy (non-hydrogen) atoms. The predicted octanol–water partition coefficient (Wildman–Crippen LogP) is 2.04. The Balaban J connectivity index is 2.50. The molecule has 0 aliphatic heterocycles. The first-order valence-corrected chi connectivity index (χ1v) is 6.04. The standard InChI is InChI=1S/C13H18F2N2O/c1-3-17(4-2)8-7-16-13(18)11-6-5-10(14)9-12(11)15/h5-6,9H,3-4,7-8H2,1-2H3,(H,16,18). The van der Waals surface area contributed by atoms with Crippen LogP contribution in [-0.4, -0.2) is 37.0 Å². The Kier molecular flexibility index (Phi) is 5.71. The third kappa shape index (κ3) is 4.07. The summed E-state index contributed by atoms with van der Waals surface area (Å²) in [6.45, 7) is 7.02. The van der Waals surface area contributed by atoms with Crippen molar-refractivity contribution in [2.24, 2.45) is 0 Å². The Morgan fingerprint density at radius 1 is 1.28 bits per heavy atom. The van der Waals surface area contributed by atoms with Crippen molar-refractivity contribution in [3.8, 4) is 0 Å². The van der Waals surface area contributed by atoms with Crippen LogP contribution in [0.25, 0.3) is 0 Å². The van der Waals surface area contributed by atoms with E-state index in [1.165, 1.54) is 0 Å². The highest BCUT2D eigenvalue weighted by atomic mass is 19.1. The minimum atomic E-state index is -0.838. The minimum Gasteiger partial charge on any atom is -0.351 e. The van der Waals surface area contributed by atoms with Gasteiger partial charge in [0.25, 0.3) is 5.91 Å². The number of benzene rings is 1. The summed E-state index contributed by atoms with van der Waals surface area (Å²) in [5.41, 5.74) is -0.129. The van der Waals surface area contributed by atoms with E-state index in [4.69, 9.17) is 0 Å². The quantitative estimate of drug-likeness (QED) is 0.844. The molecular weight excluding hydrogens is 238 g/mol. The monoisotopic (exact) mass is 256 g/mol. The fourth-order valence-electron chi connectivity index (χ4n) is 1.64. The van der Waals surface area contributed by atoms with Gasteiger partial charge in [0.05, 0.1) is 5.56 Å². The number of halogens is 2. The molecule has 1 N–H and O–H groups in total. The zero-order valence-electron chi connectivity index (χ0n) is 10.7. The van der Waals surface area contributed by atoms with Crippen molar-refractivity contribution in [3.05, 3.63) is 35.4 Å². The third-order valence-corrected chi connectivity index (χ3v) is 2.78. The van der Waals surface area contributed by atoms with Crippen LogP contribution < -0.4 is 5.32 Å². The molecule has 3 nitrogen and oxygen atoms in total. The first-order valence-electron chi connectivity index (χ1n) is 6.04. The van der Waals surface area contributed by atoms with Gasteiger partial charge in [-0.3, -0.25) is 4.79 Å². The highest BCUT2D eigenvalue weighted by Gasteiger charge is 2.12. The summed E-state index contributed by atoms with van der Waals surface area (Å²) in [5.74, 6) is -2.04. The smallest absolute Gasteiger partial charge is 0.254 e. The Morgan fingerprint density at radius 2 is 1.94 bits per heavy atom. The summed E-state index contributed by atoms with van der Waals surface area (Å²) in [7, 11) is 0. The lowest BCUT2D eigenvalue weighted by Crippen LogP contribution is -2.35. The topological polar surface area (TPSA) is 32.3 Å². The van der Waals surface area contributed by atoms with E-state index < -0.39 is 17.5 Å². The lowest BCUT2D eigenvalue weighted by atomic mass is 10.2. The van der Waals surface area contributed by atoms with Crippen LogP contribution in [-0.2, 0) is 0 Å². The molecule has 0 fully saturated rings. The molecule has 0 atom stereocenters. The fraction of sp³-hybridized carbons (Fsp3) is 0.462. The van der Waals surface area contributed by atoms with Gasteiger partial charge in [0, 0.05) is 19.2 Å². The number of nitrogens with zero attached hydrogens (tertiary/aromatic N) is 1. The van der Waals surface area contributed by atoms with Crippen LogP contribution in [0.2, 0.25) is 0 Å². The molecule has 1 aromatic rings. The van der Waals surface area contributed by atoms with Crippen LogP contribution in [0.5, 0.6) is 0 Å². The van der Waals surface area contributed by atoms with E-state index in [1.807, 2.05) is 13.8 Å². The van der Waals surface area contributed by atoms with Crippen molar-refractivity contribution >= 4 is 5.91 Å². The second kappa shape index (κ2) is 7.06. The van der Waals surface area contributed by atoms with E-state index in [2.05, 4.69) is 10.2 Å². The van der Waals surface area contributed by atoms with Crippen LogP contribution in [0, 0.1) is 11.6 Å². The van der Waals surface area contributed by atoms with E-state index >= 15 is 0 Å². The van der Waals surface area contributed by atoms with Gasteiger partial charge in [-0.1, -0.05) is 13.8 Å². The van der Waals surface area contributed by atoms with Gasteiger partial charge in [0.15, 0.2) is 0 Å². The number of rotatable bonds is 6. The zero-order chi connectivity index (χ0) is 13.5. The lowest BCUT2D eigenvalue weighted by molar-refractivity contribution is 0.0945. The van der Waals surface area contributed by atoms with E-state index in [1.54, 1.807) is 0 Å². The summed E-state index contributed by atoms with van der Waals surface area (Å²) >= 11 is 0. The molecule has 0 aliphatic rings. The molecule has 0 bridgehead atoms. The fourth-order valence-corrected chi connectivity index (χ4v) is 1.64. The van der Waals surface area contributed by atoms with Crippen LogP contribution in [0.1, 0.15) is 24.2 Å². The Labute approximate surface area is 106 Å². The van der Waals surface area contributed by atoms with Crippen molar-refractivity contribution in [1.29, 1.82) is 0 Å². The van der Waals surface area contributed by atoms with Crippen molar-refractivity contribution in [3.63, 3.8) is 0 Å². The molecule has 0 unspecified atom stereocenters. The molecule has 0 saturated heterocycles. The summed E-state index contributed by atoms with van der Waals surface area (Å²) in [6, 6.07) is 2.93. The van der Waals surface area contributed by atoms with Crippen LogP contribution in [0.4, 0.5) is 8.78 Å². The zero-order valence-corrected chi connectivity index (χ0v) is 10.7. The third-order valence-electron chi connectivity index (χ3n) is 2.78. The van der Waals surface area contributed by atoms with E-state index in [0.29, 0.717) is 19.2 Å². The second-order valence-electron chi connectivity index (χ2n) is 3.91. The SMILES string of the molecule is CCN(CC)CCNC(=O)c1ccc(F)cc1F. The van der Waals surface area contributed by atoms with Crippen molar-refractivity contribution in [2.75, 3.05) is 26.2 Å². The maximum Gasteiger partial charge on any atom is 0.254 e. The molecule has 0 heterocycles. The highest BCUT2D eigenvalue weighted by Crippen LogP contribution is 2.09. The molecule has 1 aromatic carbocycles. The number of hydrogen-bond acceptors (Lipinski definition) is 2. The molecule has 1 rings (SSSR count). The molecule has 0 spiro atoms. The minimum absolute atomic E-state index is 0.129. The van der Waals surface area contributed by atoms with Gasteiger partial charge in [-0.2, -0.15) is 0 Å². The first-order chi connectivity index (χ1) is 8.58. The molecular formula is C13H18F2N2O. The van der Waals surface area contributed by atoms with Crippen molar-refractivity contribution < 1.29 is 13.6 Å². The summed E-state index contributed by atoms with van der Waals surface area (Å²) in [6.07, 6.45) is 0. The highest BCUT2D eigenvalue weighted by molar-refractivity contribution is 5.94. The maximum atomic E-state index is 13.3. The molecule has 5 heteroatoms. The van der Waals surface area contributed by atoms with Gasteiger partial charge in [0.2, 0.25) is 0 Å². The van der Waals surface area contributed by atoms with Crippen LogP contribution in [0.3, 0.4) is 0 Å². The number of nitrogens with one attached hydrogen (secondary N) is 1. The predicted molar refractivity (Wildman–Crippen MR) is 66.5 cm³/mol. The average Bonchev–Trinajstić information content (AvgIpc) is 2.34. The lowest BCUT2D eigenvalue weighted by Gasteiger charge is -2.17. The molecule has 0 aromatic heterocycles. The van der Waals surface area contributed by atoms with E-state index in [-0.39, 0.29) is 5.56 Å². The van der Waals surface area contributed by atoms with Gasteiger partial charge in [-0.25, -0.2) is 8.78 Å². The Bertz CT molecular complexity index is 406.